The maximum Gasteiger partial charge on any atom is 0.342 e. The molecule has 0 amide bonds. The van der Waals surface area contributed by atoms with Crippen LogP contribution >= 0.6 is 22.7 Å². The Morgan fingerprint density at radius 3 is 1.30 bits per heavy atom. The quantitative estimate of drug-likeness (QED) is 0.165. The van der Waals surface area contributed by atoms with Crippen LogP contribution in [0.2, 0.25) is 0 Å². The first-order valence-electron chi connectivity index (χ1n) is 24.6. The van der Waals surface area contributed by atoms with Crippen LogP contribution in [0.4, 0.5) is 34.1 Å². The van der Waals surface area contributed by atoms with E-state index in [1.807, 2.05) is 22.7 Å². The molecule has 4 aromatic heterocycles. The van der Waals surface area contributed by atoms with Crippen LogP contribution in [-0.4, -0.2) is 6.71 Å². The summed E-state index contributed by atoms with van der Waals surface area (Å²) in [6.45, 7) is 24.9. The van der Waals surface area contributed by atoms with Crippen molar-refractivity contribution in [3.8, 4) is 20.9 Å². The van der Waals surface area contributed by atoms with Crippen molar-refractivity contribution < 1.29 is 8.83 Å². The van der Waals surface area contributed by atoms with Gasteiger partial charge in [0.2, 0.25) is 0 Å². The Labute approximate surface area is 418 Å². The van der Waals surface area contributed by atoms with Crippen molar-refractivity contribution in [2.24, 2.45) is 0 Å². The summed E-state index contributed by atoms with van der Waals surface area (Å²) in [5.74, 6) is 0. The minimum Gasteiger partial charge on any atom is -0.468 e. The van der Waals surface area contributed by atoms with Crippen LogP contribution < -0.4 is 26.6 Å². The molecule has 0 aliphatic carbocycles. The first-order chi connectivity index (χ1) is 33.5. The molecule has 0 saturated heterocycles. The van der Waals surface area contributed by atoms with Crippen molar-refractivity contribution in [3.05, 3.63) is 172 Å². The summed E-state index contributed by atoms with van der Waals surface area (Å²) in [5.41, 5.74) is 22.6. The zero-order valence-electron chi connectivity index (χ0n) is 41.8. The van der Waals surface area contributed by atoms with Gasteiger partial charge in [-0.1, -0.05) is 114 Å². The van der Waals surface area contributed by atoms with Crippen LogP contribution in [0.1, 0.15) is 80.5 Å². The van der Waals surface area contributed by atoms with E-state index in [4.69, 9.17) is 8.83 Å². The van der Waals surface area contributed by atoms with Crippen LogP contribution in [0.15, 0.2) is 142 Å². The first-order valence-corrected chi connectivity index (χ1v) is 26.2. The molecule has 0 spiro atoms. The number of fused-ring (bicyclic) bond motifs is 10. The van der Waals surface area contributed by atoms with E-state index in [1.165, 1.54) is 96.8 Å². The third-order valence-corrected chi connectivity index (χ3v) is 17.5. The minimum absolute atomic E-state index is 0.0749. The molecule has 4 nitrogen and oxygen atoms in total. The van der Waals surface area contributed by atoms with Gasteiger partial charge in [0, 0.05) is 41.3 Å². The molecule has 0 atom stereocenters. The number of nitrogens with zero attached hydrogens (tertiary/aromatic N) is 2. The molecule has 7 aromatic carbocycles. The van der Waals surface area contributed by atoms with Gasteiger partial charge in [0.05, 0.1) is 22.7 Å². The van der Waals surface area contributed by atoms with Gasteiger partial charge in [-0.15, -0.1) is 22.7 Å². The summed E-state index contributed by atoms with van der Waals surface area (Å²) in [6.07, 6.45) is 0. The maximum atomic E-state index is 7.43. The predicted octanol–water partition coefficient (Wildman–Crippen LogP) is 17.2. The van der Waals surface area contributed by atoms with Crippen LogP contribution in [0.3, 0.4) is 0 Å². The van der Waals surface area contributed by atoms with E-state index in [-0.39, 0.29) is 17.5 Å². The second kappa shape index (κ2) is 15.1. The lowest BCUT2D eigenvalue weighted by Crippen LogP contribution is -2.60. The highest BCUT2D eigenvalue weighted by molar-refractivity contribution is 7.22. The van der Waals surface area contributed by atoms with Crippen LogP contribution in [0, 0.1) is 34.6 Å². The van der Waals surface area contributed by atoms with Crippen LogP contribution in [0.5, 0.6) is 0 Å². The van der Waals surface area contributed by atoms with E-state index in [1.54, 1.807) is 0 Å². The molecule has 7 heteroatoms. The van der Waals surface area contributed by atoms with Crippen molar-refractivity contribution in [2.75, 3.05) is 9.80 Å². The highest BCUT2D eigenvalue weighted by Crippen LogP contribution is 2.53. The predicted molar refractivity (Wildman–Crippen MR) is 303 cm³/mol. The number of furan rings is 2. The Morgan fingerprint density at radius 2 is 0.886 bits per heavy atom. The Kier molecular flexibility index (Phi) is 9.33. The lowest BCUT2D eigenvalue weighted by atomic mass is 9.37. The molecule has 0 bridgehead atoms. The number of hydrogen-bond donors (Lipinski definition) is 0. The molecule has 0 N–H and O–H groups in total. The van der Waals surface area contributed by atoms with Crippen molar-refractivity contribution in [3.63, 3.8) is 0 Å². The average Bonchev–Trinajstić information content (AvgIpc) is 4.12. The SMILES string of the molecule is Cc1cc2c3c(c1)N(c1c(C)ccc(-c4cc5ccccc5s4)c1C)c1c(oc4ccc(C(C)(C)C)cc14)B3c1oc3ccc(C(C)(C)C)cc3c1N2c1c(C)ccc(-c2cc3ccccc3s2)c1C. The monoisotopic (exact) mass is 946 g/mol. The maximum absolute atomic E-state index is 7.43. The Balaban J connectivity index is 1.15. The van der Waals surface area contributed by atoms with Gasteiger partial charge in [-0.25, -0.2) is 0 Å². The summed E-state index contributed by atoms with van der Waals surface area (Å²) in [6, 6.07) is 50.0. The Bertz CT molecular complexity index is 3690. The summed E-state index contributed by atoms with van der Waals surface area (Å²) in [4.78, 5) is 7.69. The van der Waals surface area contributed by atoms with E-state index in [0.29, 0.717) is 0 Å². The summed E-state index contributed by atoms with van der Waals surface area (Å²) < 4.78 is 17.5. The first kappa shape index (κ1) is 43.2. The Morgan fingerprint density at radius 1 is 0.457 bits per heavy atom. The van der Waals surface area contributed by atoms with Crippen molar-refractivity contribution in [1.82, 2.24) is 0 Å². The van der Waals surface area contributed by atoms with Gasteiger partial charge in [0.25, 0.3) is 0 Å². The molecular formula is C63H55BN2O2S2. The molecule has 13 rings (SSSR count). The second-order valence-corrected chi connectivity index (χ2v) is 24.1. The highest BCUT2D eigenvalue weighted by atomic mass is 32.1. The molecule has 6 heterocycles. The topological polar surface area (TPSA) is 32.8 Å². The fourth-order valence-corrected chi connectivity index (χ4v) is 13.9. The molecule has 2 aliphatic heterocycles. The standard InChI is InChI=1S/C63H55BN2O2S2/c1-34-28-47-55-48(29-34)66(57-36(3)21-25-44(38(57)5)54-31-40-17-13-15-19-52(40)70-54)59-46-33-42(63(9,10)11)23-27-50(46)68-61(59)64(55)60-58(45-32-41(62(6,7)8)22-26-49(45)67-60)65(47)56-35(2)20-24-43(37(56)4)53-30-39-16-12-14-18-51(39)69-53/h12-33H,1-11H3. The summed E-state index contributed by atoms with van der Waals surface area (Å²) in [7, 11) is 0. The van der Waals surface area contributed by atoms with Crippen molar-refractivity contribution >= 4 is 122 Å². The third kappa shape index (κ3) is 6.33. The van der Waals surface area contributed by atoms with E-state index in [0.717, 1.165) is 56.0 Å². The zero-order chi connectivity index (χ0) is 48.3. The number of aryl methyl sites for hydroxylation is 3. The van der Waals surface area contributed by atoms with Crippen LogP contribution in [-0.2, 0) is 10.8 Å². The molecule has 344 valence electrons. The van der Waals surface area contributed by atoms with Gasteiger partial charge in [-0.2, -0.15) is 0 Å². The third-order valence-electron chi connectivity index (χ3n) is 15.2. The lowest BCUT2D eigenvalue weighted by molar-refractivity contribution is 0.590. The molecule has 0 unspecified atom stereocenters. The van der Waals surface area contributed by atoms with Gasteiger partial charge in [-0.3, -0.25) is 0 Å². The minimum atomic E-state index is -0.322. The molecule has 0 saturated carbocycles. The number of hydrogen-bond acceptors (Lipinski definition) is 6. The summed E-state index contributed by atoms with van der Waals surface area (Å²) in [5, 5.41) is 4.77. The smallest absolute Gasteiger partial charge is 0.342 e. The molecule has 11 aromatic rings. The highest BCUT2D eigenvalue weighted by Gasteiger charge is 2.51. The van der Waals surface area contributed by atoms with Gasteiger partial charge in [-0.05, 0) is 172 Å². The largest absolute Gasteiger partial charge is 0.468 e. The lowest BCUT2D eigenvalue weighted by Gasteiger charge is -2.42. The van der Waals surface area contributed by atoms with Crippen molar-refractivity contribution in [1.29, 1.82) is 0 Å². The fourth-order valence-electron chi connectivity index (χ4n) is 11.6. The fraction of sp³-hybridized carbons (Fsp3) is 0.206. The normalized spacial score (nSPS) is 13.6. The molecule has 2 aliphatic rings. The average molecular weight is 947 g/mol. The van der Waals surface area contributed by atoms with Gasteiger partial charge < -0.3 is 18.6 Å². The van der Waals surface area contributed by atoms with E-state index < -0.39 is 0 Å². The molecule has 0 radical (unpaired) electrons. The van der Waals surface area contributed by atoms with E-state index >= 15 is 0 Å². The molecule has 0 fully saturated rings. The number of rotatable bonds is 4. The number of anilines is 6. The van der Waals surface area contributed by atoms with E-state index in [9.17, 15) is 0 Å². The van der Waals surface area contributed by atoms with E-state index in [2.05, 4.69) is 219 Å². The van der Waals surface area contributed by atoms with Crippen molar-refractivity contribution in [2.45, 2.75) is 87.0 Å². The summed E-state index contributed by atoms with van der Waals surface area (Å²) >= 11 is 3.73. The second-order valence-electron chi connectivity index (χ2n) is 22.0. The Hall–Kier alpha value is -6.80. The number of thiophene rings is 2. The number of benzene rings is 7. The molecular weight excluding hydrogens is 892 g/mol. The van der Waals surface area contributed by atoms with Crippen LogP contribution in [0.25, 0.3) is 63.0 Å². The molecule has 70 heavy (non-hydrogen) atoms. The zero-order valence-corrected chi connectivity index (χ0v) is 43.4. The van der Waals surface area contributed by atoms with Gasteiger partial charge in [0.1, 0.15) is 22.5 Å². The van der Waals surface area contributed by atoms with Gasteiger partial charge >= 0.3 is 6.71 Å². The van der Waals surface area contributed by atoms with Gasteiger partial charge in [0.15, 0.2) is 0 Å².